The van der Waals surface area contributed by atoms with Crippen LogP contribution in [0.25, 0.3) is 0 Å². The molecule has 0 aliphatic heterocycles. The molecule has 0 spiro atoms. The molecular formula is C20H24O4. The molecule has 4 atom stereocenters. The van der Waals surface area contributed by atoms with Crippen molar-refractivity contribution in [3.63, 3.8) is 0 Å². The van der Waals surface area contributed by atoms with Gasteiger partial charge in [-0.05, 0) is 73.1 Å². The number of fused-ring (bicyclic) bond motifs is 5. The lowest BCUT2D eigenvalue weighted by Gasteiger charge is -2.48. The fourth-order valence-electron chi connectivity index (χ4n) is 5.56. The first-order valence-corrected chi connectivity index (χ1v) is 9.00. The highest BCUT2D eigenvalue weighted by Crippen LogP contribution is 2.59. The number of rotatable bonds is 3. The van der Waals surface area contributed by atoms with Gasteiger partial charge in [-0.1, -0.05) is 13.0 Å². The van der Waals surface area contributed by atoms with Crippen molar-refractivity contribution in [3.05, 3.63) is 29.3 Å². The Hall–Kier alpha value is -1.84. The minimum absolute atomic E-state index is 0.0801. The number of hydrogen-bond acceptors (Lipinski definition) is 3. The van der Waals surface area contributed by atoms with Gasteiger partial charge in [0.25, 0.3) is 0 Å². The van der Waals surface area contributed by atoms with Gasteiger partial charge in [0.15, 0.2) is 6.61 Å². The van der Waals surface area contributed by atoms with Crippen molar-refractivity contribution >= 4 is 11.8 Å². The van der Waals surface area contributed by atoms with Crippen LogP contribution >= 0.6 is 0 Å². The second-order valence-corrected chi connectivity index (χ2v) is 7.88. The molecule has 4 heteroatoms. The van der Waals surface area contributed by atoms with Crippen molar-refractivity contribution in [2.24, 2.45) is 17.3 Å². The van der Waals surface area contributed by atoms with Crippen LogP contribution in [-0.2, 0) is 16.0 Å². The van der Waals surface area contributed by atoms with E-state index in [0.29, 0.717) is 29.3 Å². The van der Waals surface area contributed by atoms with E-state index in [1.165, 1.54) is 11.1 Å². The first-order chi connectivity index (χ1) is 11.5. The van der Waals surface area contributed by atoms with Gasteiger partial charge in [-0.15, -0.1) is 0 Å². The van der Waals surface area contributed by atoms with Gasteiger partial charge in [0.1, 0.15) is 11.5 Å². The largest absolute Gasteiger partial charge is 0.482 e. The molecule has 1 aromatic carbocycles. The minimum atomic E-state index is -0.953. The number of carboxylic acids is 1. The SMILES string of the molecule is C[C@@]12CC[C@H]3c4ccc(OCC(=O)O)cc4CC[C@@H]3[C@H]1CCC2=O. The van der Waals surface area contributed by atoms with E-state index < -0.39 is 5.97 Å². The van der Waals surface area contributed by atoms with E-state index >= 15 is 0 Å². The van der Waals surface area contributed by atoms with Crippen molar-refractivity contribution < 1.29 is 19.4 Å². The third kappa shape index (κ3) is 2.35. The normalized spacial score (nSPS) is 34.2. The fraction of sp³-hybridized carbons (Fsp3) is 0.600. The molecule has 0 amide bonds. The second-order valence-electron chi connectivity index (χ2n) is 7.88. The van der Waals surface area contributed by atoms with Crippen LogP contribution in [0.3, 0.4) is 0 Å². The summed E-state index contributed by atoms with van der Waals surface area (Å²) in [4.78, 5) is 23.0. The molecule has 0 bridgehead atoms. The van der Waals surface area contributed by atoms with Gasteiger partial charge in [0, 0.05) is 11.8 Å². The van der Waals surface area contributed by atoms with Gasteiger partial charge < -0.3 is 9.84 Å². The quantitative estimate of drug-likeness (QED) is 0.921. The molecule has 0 radical (unpaired) electrons. The number of hydrogen-bond donors (Lipinski definition) is 1. The summed E-state index contributed by atoms with van der Waals surface area (Å²) in [6.45, 7) is 1.90. The summed E-state index contributed by atoms with van der Waals surface area (Å²) in [5, 5.41) is 8.75. The molecule has 0 heterocycles. The van der Waals surface area contributed by atoms with E-state index in [4.69, 9.17) is 9.84 Å². The van der Waals surface area contributed by atoms with E-state index in [9.17, 15) is 9.59 Å². The smallest absolute Gasteiger partial charge is 0.341 e. The molecule has 0 unspecified atom stereocenters. The number of carbonyl (C=O) groups is 2. The average molecular weight is 328 g/mol. The Morgan fingerprint density at radius 2 is 2.12 bits per heavy atom. The van der Waals surface area contributed by atoms with Gasteiger partial charge >= 0.3 is 5.97 Å². The highest BCUT2D eigenvalue weighted by molar-refractivity contribution is 5.87. The Bertz CT molecular complexity index is 695. The Labute approximate surface area is 142 Å². The summed E-state index contributed by atoms with van der Waals surface area (Å²) in [5.41, 5.74) is 2.62. The molecule has 3 aliphatic rings. The second kappa shape index (κ2) is 5.61. The molecule has 3 aliphatic carbocycles. The topological polar surface area (TPSA) is 63.6 Å². The van der Waals surface area contributed by atoms with Crippen molar-refractivity contribution in [2.45, 2.75) is 51.4 Å². The van der Waals surface area contributed by atoms with Gasteiger partial charge in [-0.25, -0.2) is 4.79 Å². The molecule has 1 aromatic rings. The lowest BCUT2D eigenvalue weighted by atomic mass is 9.55. The molecule has 0 saturated heterocycles. The number of ether oxygens (including phenoxy) is 1. The van der Waals surface area contributed by atoms with Crippen LogP contribution in [0.5, 0.6) is 5.75 Å². The molecule has 2 fully saturated rings. The zero-order chi connectivity index (χ0) is 16.9. The van der Waals surface area contributed by atoms with Crippen molar-refractivity contribution in [3.8, 4) is 5.75 Å². The summed E-state index contributed by atoms with van der Waals surface area (Å²) in [6.07, 6.45) is 6.06. The molecule has 4 rings (SSSR count). The van der Waals surface area contributed by atoms with E-state index in [2.05, 4.69) is 13.0 Å². The van der Waals surface area contributed by atoms with Gasteiger partial charge in [-0.3, -0.25) is 4.79 Å². The molecule has 0 aromatic heterocycles. The Morgan fingerprint density at radius 1 is 1.29 bits per heavy atom. The number of carbonyl (C=O) groups excluding carboxylic acids is 1. The molecule has 4 nitrogen and oxygen atoms in total. The van der Waals surface area contributed by atoms with Crippen LogP contribution in [-0.4, -0.2) is 23.5 Å². The van der Waals surface area contributed by atoms with Crippen LogP contribution in [0.2, 0.25) is 0 Å². The standard InChI is InChI=1S/C20H24O4/c1-20-9-8-15-14-5-3-13(24-11-19(22)23)10-12(14)2-4-16(15)17(20)6-7-18(20)21/h3,5,10,15-17H,2,4,6-9,11H2,1H3,(H,22,23)/t15-,16-,17+,20+/m0/s1. The Balaban J connectivity index is 1.59. The van der Waals surface area contributed by atoms with Crippen molar-refractivity contribution in [2.75, 3.05) is 6.61 Å². The Morgan fingerprint density at radius 3 is 2.92 bits per heavy atom. The summed E-state index contributed by atoms with van der Waals surface area (Å²) in [6, 6.07) is 6.04. The van der Waals surface area contributed by atoms with E-state index in [1.54, 1.807) is 0 Å². The zero-order valence-corrected chi connectivity index (χ0v) is 14.1. The number of aliphatic carboxylic acids is 1. The van der Waals surface area contributed by atoms with Crippen LogP contribution in [0.4, 0.5) is 0 Å². The summed E-state index contributed by atoms with van der Waals surface area (Å²) in [7, 11) is 0. The Kier molecular flexibility index (Phi) is 3.66. The lowest BCUT2D eigenvalue weighted by molar-refractivity contribution is -0.139. The maximum Gasteiger partial charge on any atom is 0.341 e. The van der Waals surface area contributed by atoms with Crippen LogP contribution in [0.15, 0.2) is 18.2 Å². The number of carboxylic acid groups (broad SMARTS) is 1. The zero-order valence-electron chi connectivity index (χ0n) is 14.1. The number of benzene rings is 1. The predicted molar refractivity (Wildman–Crippen MR) is 89.2 cm³/mol. The molecule has 128 valence electrons. The summed E-state index contributed by atoms with van der Waals surface area (Å²) in [5.74, 6) is 1.88. The summed E-state index contributed by atoms with van der Waals surface area (Å²) >= 11 is 0. The predicted octanol–water partition coefficient (Wildman–Crippen LogP) is 3.58. The van der Waals surface area contributed by atoms with Crippen molar-refractivity contribution in [1.29, 1.82) is 0 Å². The van der Waals surface area contributed by atoms with E-state index in [1.807, 2.05) is 12.1 Å². The van der Waals surface area contributed by atoms with E-state index in [-0.39, 0.29) is 12.0 Å². The van der Waals surface area contributed by atoms with Crippen LogP contribution in [0.1, 0.15) is 56.1 Å². The molecule has 2 saturated carbocycles. The summed E-state index contributed by atoms with van der Waals surface area (Å²) < 4.78 is 5.32. The maximum atomic E-state index is 12.4. The highest BCUT2D eigenvalue weighted by atomic mass is 16.5. The monoisotopic (exact) mass is 328 g/mol. The first kappa shape index (κ1) is 15.7. The van der Waals surface area contributed by atoms with Crippen LogP contribution < -0.4 is 4.74 Å². The number of ketones is 1. The number of aryl methyl sites for hydroxylation is 1. The molecule has 24 heavy (non-hydrogen) atoms. The fourth-order valence-corrected chi connectivity index (χ4v) is 5.56. The molecular weight excluding hydrogens is 304 g/mol. The molecule has 1 N–H and O–H groups in total. The van der Waals surface area contributed by atoms with Crippen LogP contribution in [0, 0.1) is 17.3 Å². The third-order valence-electron chi connectivity index (χ3n) is 6.77. The van der Waals surface area contributed by atoms with Crippen molar-refractivity contribution in [1.82, 2.24) is 0 Å². The lowest BCUT2D eigenvalue weighted by Crippen LogP contribution is -2.42. The van der Waals surface area contributed by atoms with E-state index in [0.717, 1.165) is 38.5 Å². The highest BCUT2D eigenvalue weighted by Gasteiger charge is 2.54. The number of Topliss-reactive ketones (excluding diaryl/α,β-unsaturated/α-hetero) is 1. The van der Waals surface area contributed by atoms with Gasteiger partial charge in [0.2, 0.25) is 0 Å². The first-order valence-electron chi connectivity index (χ1n) is 9.00. The average Bonchev–Trinajstić information content (AvgIpc) is 2.88. The third-order valence-corrected chi connectivity index (χ3v) is 6.77. The maximum absolute atomic E-state index is 12.4. The minimum Gasteiger partial charge on any atom is -0.482 e. The van der Waals surface area contributed by atoms with Gasteiger partial charge in [-0.2, -0.15) is 0 Å². The van der Waals surface area contributed by atoms with Gasteiger partial charge in [0.05, 0.1) is 0 Å².